The van der Waals surface area contributed by atoms with Gasteiger partial charge in [0, 0.05) is 0 Å². The number of allylic oxidation sites excluding steroid dienone is 2. The number of rotatable bonds is 7. The standard InChI is InChI=1S/C15H28/c1-4-8-13(2)9-5-6-10-14(3)15-11-7-12-15/h6,10,13-15H,4-5,7-9,11-12H2,1-3H3/b10-6+. The Morgan fingerprint density at radius 3 is 2.47 bits per heavy atom. The van der Waals surface area contributed by atoms with Crippen LogP contribution in [0.25, 0.3) is 0 Å². The molecule has 1 fully saturated rings. The summed E-state index contributed by atoms with van der Waals surface area (Å²) in [5.74, 6) is 2.76. The topological polar surface area (TPSA) is 0 Å². The van der Waals surface area contributed by atoms with Crippen molar-refractivity contribution in [3.8, 4) is 0 Å². The van der Waals surface area contributed by atoms with Gasteiger partial charge < -0.3 is 0 Å². The molecule has 0 heteroatoms. The molecule has 1 aliphatic rings. The average molecular weight is 208 g/mol. The highest BCUT2D eigenvalue weighted by atomic mass is 14.3. The Balaban J connectivity index is 2.04. The summed E-state index contributed by atoms with van der Waals surface area (Å²) in [6.45, 7) is 7.05. The molecule has 1 rings (SSSR count). The van der Waals surface area contributed by atoms with E-state index in [2.05, 4.69) is 32.9 Å². The van der Waals surface area contributed by atoms with Crippen LogP contribution in [0.5, 0.6) is 0 Å². The van der Waals surface area contributed by atoms with Crippen molar-refractivity contribution in [2.45, 2.75) is 65.7 Å². The van der Waals surface area contributed by atoms with E-state index in [-0.39, 0.29) is 0 Å². The van der Waals surface area contributed by atoms with Gasteiger partial charge in [-0.2, -0.15) is 0 Å². The molecule has 0 spiro atoms. The van der Waals surface area contributed by atoms with Crippen LogP contribution in [-0.4, -0.2) is 0 Å². The summed E-state index contributed by atoms with van der Waals surface area (Å²) < 4.78 is 0. The predicted molar refractivity (Wildman–Crippen MR) is 69.0 cm³/mol. The summed E-state index contributed by atoms with van der Waals surface area (Å²) in [6.07, 6.45) is 14.7. The van der Waals surface area contributed by atoms with Crippen LogP contribution in [0.1, 0.15) is 65.7 Å². The van der Waals surface area contributed by atoms with E-state index in [4.69, 9.17) is 0 Å². The van der Waals surface area contributed by atoms with Gasteiger partial charge in [0.05, 0.1) is 0 Å². The van der Waals surface area contributed by atoms with E-state index in [9.17, 15) is 0 Å². The number of hydrogen-bond acceptors (Lipinski definition) is 0. The van der Waals surface area contributed by atoms with Gasteiger partial charge in [-0.05, 0) is 43.4 Å². The molecule has 2 unspecified atom stereocenters. The summed E-state index contributed by atoms with van der Waals surface area (Å²) in [5, 5.41) is 0. The fraction of sp³-hybridized carbons (Fsp3) is 0.867. The molecule has 0 aliphatic heterocycles. The lowest BCUT2D eigenvalue weighted by Gasteiger charge is -2.29. The second-order valence-electron chi connectivity index (χ2n) is 5.45. The molecule has 0 aromatic carbocycles. The summed E-state index contributed by atoms with van der Waals surface area (Å²) in [7, 11) is 0. The molecule has 2 atom stereocenters. The highest BCUT2D eigenvalue weighted by Crippen LogP contribution is 2.33. The lowest BCUT2D eigenvalue weighted by atomic mass is 9.76. The maximum absolute atomic E-state index is 2.46. The van der Waals surface area contributed by atoms with E-state index < -0.39 is 0 Å². The van der Waals surface area contributed by atoms with Gasteiger partial charge in [0.15, 0.2) is 0 Å². The third-order valence-corrected chi connectivity index (χ3v) is 3.94. The fourth-order valence-electron chi connectivity index (χ4n) is 2.45. The first kappa shape index (κ1) is 12.8. The molecule has 0 saturated heterocycles. The zero-order valence-corrected chi connectivity index (χ0v) is 10.8. The summed E-state index contributed by atoms with van der Waals surface area (Å²) in [6, 6.07) is 0. The van der Waals surface area contributed by atoms with E-state index in [1.165, 1.54) is 44.9 Å². The first-order chi connectivity index (χ1) is 7.24. The smallest absolute Gasteiger partial charge is 0.0234 e. The minimum Gasteiger partial charge on any atom is -0.0882 e. The molecular formula is C15H28. The predicted octanol–water partition coefficient (Wildman–Crippen LogP) is 5.20. The highest BCUT2D eigenvalue weighted by molar-refractivity contribution is 4.92. The summed E-state index contributed by atoms with van der Waals surface area (Å²) >= 11 is 0. The van der Waals surface area contributed by atoms with Gasteiger partial charge in [-0.1, -0.05) is 52.2 Å². The number of hydrogen-bond donors (Lipinski definition) is 0. The Hall–Kier alpha value is -0.260. The third-order valence-electron chi connectivity index (χ3n) is 3.94. The van der Waals surface area contributed by atoms with Gasteiger partial charge in [0.25, 0.3) is 0 Å². The molecule has 88 valence electrons. The van der Waals surface area contributed by atoms with Gasteiger partial charge in [-0.15, -0.1) is 0 Å². The second kappa shape index (κ2) is 7.09. The molecule has 0 aromatic heterocycles. The van der Waals surface area contributed by atoms with Crippen LogP contribution < -0.4 is 0 Å². The Morgan fingerprint density at radius 2 is 1.93 bits per heavy atom. The van der Waals surface area contributed by atoms with Crippen molar-refractivity contribution >= 4 is 0 Å². The lowest BCUT2D eigenvalue weighted by molar-refractivity contribution is 0.255. The van der Waals surface area contributed by atoms with Crippen molar-refractivity contribution in [2.24, 2.45) is 17.8 Å². The molecular weight excluding hydrogens is 180 g/mol. The first-order valence-electron chi connectivity index (χ1n) is 6.90. The maximum Gasteiger partial charge on any atom is -0.0234 e. The highest BCUT2D eigenvalue weighted by Gasteiger charge is 2.21. The minimum atomic E-state index is 0.834. The van der Waals surface area contributed by atoms with E-state index in [1.807, 2.05) is 0 Å². The van der Waals surface area contributed by atoms with Crippen LogP contribution in [0.2, 0.25) is 0 Å². The zero-order chi connectivity index (χ0) is 11.1. The normalized spacial score (nSPS) is 21.5. The molecule has 1 saturated carbocycles. The van der Waals surface area contributed by atoms with Crippen molar-refractivity contribution < 1.29 is 0 Å². The van der Waals surface area contributed by atoms with Gasteiger partial charge in [-0.25, -0.2) is 0 Å². The average Bonchev–Trinajstić information content (AvgIpc) is 2.10. The van der Waals surface area contributed by atoms with Crippen LogP contribution in [0, 0.1) is 17.8 Å². The van der Waals surface area contributed by atoms with Gasteiger partial charge in [0.2, 0.25) is 0 Å². The molecule has 15 heavy (non-hydrogen) atoms. The van der Waals surface area contributed by atoms with E-state index in [0.717, 1.165) is 17.8 Å². The first-order valence-corrected chi connectivity index (χ1v) is 6.90. The van der Waals surface area contributed by atoms with Crippen molar-refractivity contribution in [1.29, 1.82) is 0 Å². The molecule has 0 nitrogen and oxygen atoms in total. The Kier molecular flexibility index (Phi) is 6.05. The van der Waals surface area contributed by atoms with Crippen LogP contribution in [0.3, 0.4) is 0 Å². The quantitative estimate of drug-likeness (QED) is 0.505. The fourth-order valence-corrected chi connectivity index (χ4v) is 2.45. The van der Waals surface area contributed by atoms with Crippen LogP contribution in [0.15, 0.2) is 12.2 Å². The molecule has 0 bridgehead atoms. The van der Waals surface area contributed by atoms with Crippen molar-refractivity contribution in [1.82, 2.24) is 0 Å². The summed E-state index contributed by atoms with van der Waals surface area (Å²) in [5.41, 5.74) is 0. The molecule has 0 aromatic rings. The summed E-state index contributed by atoms with van der Waals surface area (Å²) in [4.78, 5) is 0. The Labute approximate surface area is 96.2 Å². The Bertz CT molecular complexity index is 176. The second-order valence-corrected chi connectivity index (χ2v) is 5.45. The van der Waals surface area contributed by atoms with Crippen LogP contribution >= 0.6 is 0 Å². The SMILES string of the molecule is CCCC(C)CC/C=C/C(C)C1CCC1. The Morgan fingerprint density at radius 1 is 1.20 bits per heavy atom. The third kappa shape index (κ3) is 4.86. The van der Waals surface area contributed by atoms with E-state index in [1.54, 1.807) is 0 Å². The van der Waals surface area contributed by atoms with Gasteiger partial charge in [0.1, 0.15) is 0 Å². The molecule has 0 amide bonds. The van der Waals surface area contributed by atoms with E-state index >= 15 is 0 Å². The monoisotopic (exact) mass is 208 g/mol. The zero-order valence-electron chi connectivity index (χ0n) is 10.8. The van der Waals surface area contributed by atoms with Crippen molar-refractivity contribution in [3.63, 3.8) is 0 Å². The van der Waals surface area contributed by atoms with Crippen LogP contribution in [-0.2, 0) is 0 Å². The molecule has 0 N–H and O–H groups in total. The van der Waals surface area contributed by atoms with E-state index in [0.29, 0.717) is 0 Å². The maximum atomic E-state index is 2.46. The molecule has 0 radical (unpaired) electrons. The largest absolute Gasteiger partial charge is 0.0882 e. The molecule has 1 aliphatic carbocycles. The van der Waals surface area contributed by atoms with Gasteiger partial charge >= 0.3 is 0 Å². The van der Waals surface area contributed by atoms with Crippen molar-refractivity contribution in [2.75, 3.05) is 0 Å². The lowest BCUT2D eigenvalue weighted by Crippen LogP contribution is -2.17. The van der Waals surface area contributed by atoms with Gasteiger partial charge in [-0.3, -0.25) is 0 Å². The van der Waals surface area contributed by atoms with Crippen molar-refractivity contribution in [3.05, 3.63) is 12.2 Å². The van der Waals surface area contributed by atoms with Crippen LogP contribution in [0.4, 0.5) is 0 Å². The minimum absolute atomic E-state index is 0.834. The molecule has 0 heterocycles.